The summed E-state index contributed by atoms with van der Waals surface area (Å²) in [6.07, 6.45) is 1.93. The van der Waals surface area contributed by atoms with Gasteiger partial charge in [0.15, 0.2) is 0 Å². The van der Waals surface area contributed by atoms with Crippen molar-refractivity contribution in [1.82, 2.24) is 14.9 Å². The molecule has 1 amide bonds. The zero-order valence-corrected chi connectivity index (χ0v) is 12.5. The monoisotopic (exact) mass is 277 g/mol. The lowest BCUT2D eigenvalue weighted by atomic mass is 10.3. The molecule has 19 heavy (non-hydrogen) atoms. The summed E-state index contributed by atoms with van der Waals surface area (Å²) in [5.41, 5.74) is 1.68. The van der Waals surface area contributed by atoms with Crippen molar-refractivity contribution in [3.63, 3.8) is 0 Å². The van der Waals surface area contributed by atoms with E-state index in [0.717, 1.165) is 10.7 Å². The van der Waals surface area contributed by atoms with Gasteiger partial charge in [0.05, 0.1) is 6.04 Å². The first-order valence-electron chi connectivity index (χ1n) is 6.38. The van der Waals surface area contributed by atoms with Gasteiger partial charge in [0.25, 0.3) is 5.91 Å². The second kappa shape index (κ2) is 5.57. The highest BCUT2D eigenvalue weighted by atomic mass is 32.1. The number of hydrogen-bond donors (Lipinski definition) is 1. The van der Waals surface area contributed by atoms with Crippen molar-refractivity contribution < 1.29 is 4.79 Å². The van der Waals surface area contributed by atoms with E-state index < -0.39 is 0 Å². The van der Waals surface area contributed by atoms with Gasteiger partial charge in [-0.2, -0.15) is 0 Å². The lowest BCUT2D eigenvalue weighted by molar-refractivity contribution is 0.0929. The van der Waals surface area contributed by atoms with Crippen molar-refractivity contribution in [3.05, 3.63) is 40.1 Å². The highest BCUT2D eigenvalue weighted by Crippen LogP contribution is 2.18. The van der Waals surface area contributed by atoms with E-state index >= 15 is 0 Å². The molecule has 2 aromatic heterocycles. The van der Waals surface area contributed by atoms with Crippen LogP contribution >= 0.6 is 11.3 Å². The lowest BCUT2D eigenvalue weighted by Crippen LogP contribution is -2.28. The van der Waals surface area contributed by atoms with E-state index in [-0.39, 0.29) is 18.0 Å². The molecule has 1 atom stereocenters. The number of carbonyl (C=O) groups excluding carboxylic acids is 1. The Labute approximate surface area is 117 Å². The molecule has 2 rings (SSSR count). The fourth-order valence-electron chi connectivity index (χ4n) is 1.94. The SMILES string of the molecule is Cc1csc(C(C)NC(=O)c2cccn2C(C)C)n1. The van der Waals surface area contributed by atoms with E-state index in [4.69, 9.17) is 0 Å². The fourth-order valence-corrected chi connectivity index (χ4v) is 2.74. The summed E-state index contributed by atoms with van der Waals surface area (Å²) in [6, 6.07) is 3.94. The van der Waals surface area contributed by atoms with Crippen molar-refractivity contribution in [2.45, 2.75) is 39.8 Å². The summed E-state index contributed by atoms with van der Waals surface area (Å²) >= 11 is 1.57. The van der Waals surface area contributed by atoms with Gasteiger partial charge >= 0.3 is 0 Å². The highest BCUT2D eigenvalue weighted by molar-refractivity contribution is 7.09. The maximum absolute atomic E-state index is 12.3. The molecule has 0 spiro atoms. The molecular formula is C14H19N3OS. The molecule has 0 aliphatic carbocycles. The number of aryl methyl sites for hydroxylation is 1. The molecule has 0 saturated heterocycles. The van der Waals surface area contributed by atoms with E-state index in [1.807, 2.05) is 42.1 Å². The lowest BCUT2D eigenvalue weighted by Gasteiger charge is -2.15. The molecule has 4 nitrogen and oxygen atoms in total. The second-order valence-electron chi connectivity index (χ2n) is 4.92. The molecule has 1 N–H and O–H groups in total. The topological polar surface area (TPSA) is 46.9 Å². The number of amides is 1. The highest BCUT2D eigenvalue weighted by Gasteiger charge is 2.17. The predicted octanol–water partition coefficient (Wildman–Crippen LogP) is 3.32. The predicted molar refractivity (Wildman–Crippen MR) is 77.5 cm³/mol. The molecule has 0 radical (unpaired) electrons. The van der Waals surface area contributed by atoms with Gasteiger partial charge < -0.3 is 9.88 Å². The first-order chi connectivity index (χ1) is 8.99. The number of carbonyl (C=O) groups is 1. The Morgan fingerprint density at radius 3 is 2.74 bits per heavy atom. The minimum absolute atomic E-state index is 0.0564. The standard InChI is InChI=1S/C14H19N3OS/c1-9(2)17-7-5-6-12(17)13(18)16-11(4)14-15-10(3)8-19-14/h5-9,11H,1-4H3,(H,16,18). The van der Waals surface area contributed by atoms with Crippen LogP contribution in [0.2, 0.25) is 0 Å². The number of hydrogen-bond acceptors (Lipinski definition) is 3. The van der Waals surface area contributed by atoms with Gasteiger partial charge in [-0.25, -0.2) is 4.98 Å². The van der Waals surface area contributed by atoms with E-state index in [9.17, 15) is 4.79 Å². The summed E-state index contributed by atoms with van der Waals surface area (Å²) in [6.45, 7) is 8.03. The third-order valence-corrected chi connectivity index (χ3v) is 4.07. The second-order valence-corrected chi connectivity index (χ2v) is 5.81. The van der Waals surface area contributed by atoms with Gasteiger partial charge in [-0.1, -0.05) is 0 Å². The quantitative estimate of drug-likeness (QED) is 0.932. The van der Waals surface area contributed by atoms with Gasteiger partial charge in [0, 0.05) is 23.3 Å². The van der Waals surface area contributed by atoms with Crippen LogP contribution in [-0.2, 0) is 0 Å². The van der Waals surface area contributed by atoms with Crippen LogP contribution in [-0.4, -0.2) is 15.5 Å². The van der Waals surface area contributed by atoms with Gasteiger partial charge in [-0.3, -0.25) is 4.79 Å². The number of nitrogens with zero attached hydrogens (tertiary/aromatic N) is 2. The molecule has 0 fully saturated rings. The van der Waals surface area contributed by atoms with Crippen molar-refractivity contribution in [2.24, 2.45) is 0 Å². The molecule has 0 aliphatic heterocycles. The Kier molecular flexibility index (Phi) is 4.04. The van der Waals surface area contributed by atoms with Gasteiger partial charge in [-0.05, 0) is 39.8 Å². The number of thiazole rings is 1. The van der Waals surface area contributed by atoms with Crippen LogP contribution in [0.15, 0.2) is 23.7 Å². The van der Waals surface area contributed by atoms with E-state index in [1.54, 1.807) is 11.3 Å². The number of aromatic nitrogens is 2. The van der Waals surface area contributed by atoms with Crippen LogP contribution in [0.4, 0.5) is 0 Å². The Morgan fingerprint density at radius 1 is 1.42 bits per heavy atom. The molecule has 0 bridgehead atoms. The van der Waals surface area contributed by atoms with Crippen LogP contribution in [0.1, 0.15) is 54.0 Å². The van der Waals surface area contributed by atoms with Crippen LogP contribution in [0.5, 0.6) is 0 Å². The Hall–Kier alpha value is -1.62. The maximum Gasteiger partial charge on any atom is 0.268 e. The van der Waals surface area contributed by atoms with Gasteiger partial charge in [0.1, 0.15) is 10.7 Å². The van der Waals surface area contributed by atoms with Gasteiger partial charge in [-0.15, -0.1) is 11.3 Å². The van der Waals surface area contributed by atoms with Crippen molar-refractivity contribution in [3.8, 4) is 0 Å². The van der Waals surface area contributed by atoms with Crippen LogP contribution in [0.25, 0.3) is 0 Å². The average Bonchev–Trinajstić information content (AvgIpc) is 2.96. The molecule has 2 aromatic rings. The number of nitrogens with one attached hydrogen (secondary N) is 1. The summed E-state index contributed by atoms with van der Waals surface area (Å²) in [4.78, 5) is 16.7. The Bertz CT molecular complexity index is 571. The Morgan fingerprint density at radius 2 is 2.16 bits per heavy atom. The average molecular weight is 277 g/mol. The maximum atomic E-state index is 12.3. The summed E-state index contributed by atoms with van der Waals surface area (Å²) in [5.74, 6) is -0.0564. The molecule has 0 saturated carbocycles. The van der Waals surface area contributed by atoms with Crippen LogP contribution < -0.4 is 5.32 Å². The molecule has 0 aromatic carbocycles. The van der Waals surface area contributed by atoms with Crippen molar-refractivity contribution in [2.75, 3.05) is 0 Å². The molecular weight excluding hydrogens is 258 g/mol. The van der Waals surface area contributed by atoms with Crippen LogP contribution in [0.3, 0.4) is 0 Å². The first-order valence-corrected chi connectivity index (χ1v) is 7.26. The molecule has 0 aliphatic rings. The zero-order chi connectivity index (χ0) is 14.0. The first kappa shape index (κ1) is 13.8. The largest absolute Gasteiger partial charge is 0.342 e. The van der Waals surface area contributed by atoms with E-state index in [0.29, 0.717) is 5.69 Å². The molecule has 2 heterocycles. The smallest absolute Gasteiger partial charge is 0.268 e. The summed E-state index contributed by atoms with van der Waals surface area (Å²) < 4.78 is 1.97. The molecule has 5 heteroatoms. The number of rotatable bonds is 4. The fraction of sp³-hybridized carbons (Fsp3) is 0.429. The normalized spacial score (nSPS) is 12.7. The zero-order valence-electron chi connectivity index (χ0n) is 11.7. The van der Waals surface area contributed by atoms with Crippen molar-refractivity contribution >= 4 is 17.2 Å². The summed E-state index contributed by atoms with van der Waals surface area (Å²) in [5, 5.41) is 5.93. The van der Waals surface area contributed by atoms with Gasteiger partial charge in [0.2, 0.25) is 0 Å². The molecule has 1 unspecified atom stereocenters. The van der Waals surface area contributed by atoms with E-state index in [1.165, 1.54) is 0 Å². The van der Waals surface area contributed by atoms with Crippen LogP contribution in [0, 0.1) is 6.92 Å². The minimum atomic E-state index is -0.0679. The van der Waals surface area contributed by atoms with E-state index in [2.05, 4.69) is 24.1 Å². The minimum Gasteiger partial charge on any atom is -0.342 e. The third-order valence-electron chi connectivity index (χ3n) is 2.92. The molecule has 102 valence electrons. The summed E-state index contributed by atoms with van der Waals surface area (Å²) in [7, 11) is 0. The third kappa shape index (κ3) is 3.04. The van der Waals surface area contributed by atoms with Crippen molar-refractivity contribution in [1.29, 1.82) is 0 Å². The Balaban J connectivity index is 2.10.